The van der Waals surface area contributed by atoms with Crippen LogP contribution in [0, 0.1) is 15.9 Å². The van der Waals surface area contributed by atoms with Crippen LogP contribution in [0.1, 0.15) is 19.8 Å². The molecule has 1 aromatic carbocycles. The number of benzene rings is 1. The molecule has 0 aromatic heterocycles. The normalized spacial score (nSPS) is 23.0. The van der Waals surface area contributed by atoms with Gasteiger partial charge in [-0.05, 0) is 25.8 Å². The SMILES string of the molecule is CC1CCC(CNc2cc(F)cc([N+](=O)[O-])c2)O1. The molecular weight excluding hydrogens is 239 g/mol. The van der Waals surface area contributed by atoms with Gasteiger partial charge < -0.3 is 10.1 Å². The Balaban J connectivity index is 1.98. The predicted molar refractivity (Wildman–Crippen MR) is 65.1 cm³/mol. The van der Waals surface area contributed by atoms with E-state index in [1.54, 1.807) is 0 Å². The topological polar surface area (TPSA) is 64.4 Å². The van der Waals surface area contributed by atoms with Crippen molar-refractivity contribution in [2.24, 2.45) is 0 Å². The molecule has 1 fully saturated rings. The van der Waals surface area contributed by atoms with Gasteiger partial charge in [-0.15, -0.1) is 0 Å². The van der Waals surface area contributed by atoms with Crippen LogP contribution in [-0.2, 0) is 4.74 Å². The first-order valence-electron chi connectivity index (χ1n) is 5.89. The summed E-state index contributed by atoms with van der Waals surface area (Å²) in [5, 5.41) is 13.6. The average molecular weight is 254 g/mol. The summed E-state index contributed by atoms with van der Waals surface area (Å²) < 4.78 is 18.8. The van der Waals surface area contributed by atoms with E-state index in [2.05, 4.69) is 5.32 Å². The Hall–Kier alpha value is -1.69. The van der Waals surface area contributed by atoms with Gasteiger partial charge in [-0.2, -0.15) is 0 Å². The molecule has 2 rings (SSSR count). The summed E-state index contributed by atoms with van der Waals surface area (Å²) in [5.41, 5.74) is 0.156. The van der Waals surface area contributed by atoms with E-state index in [-0.39, 0.29) is 17.9 Å². The molecule has 18 heavy (non-hydrogen) atoms. The highest BCUT2D eigenvalue weighted by Gasteiger charge is 2.21. The van der Waals surface area contributed by atoms with Gasteiger partial charge in [-0.1, -0.05) is 0 Å². The summed E-state index contributed by atoms with van der Waals surface area (Å²) in [6.45, 7) is 2.54. The molecule has 2 unspecified atom stereocenters. The maximum absolute atomic E-state index is 13.2. The lowest BCUT2D eigenvalue weighted by molar-refractivity contribution is -0.385. The number of halogens is 1. The Morgan fingerprint density at radius 3 is 2.89 bits per heavy atom. The van der Waals surface area contributed by atoms with E-state index >= 15 is 0 Å². The van der Waals surface area contributed by atoms with Gasteiger partial charge in [0.05, 0.1) is 23.2 Å². The molecule has 0 spiro atoms. The number of ether oxygens (including phenoxy) is 1. The zero-order valence-electron chi connectivity index (χ0n) is 10.1. The third-order valence-electron chi connectivity index (χ3n) is 2.95. The first-order valence-corrected chi connectivity index (χ1v) is 5.89. The first-order chi connectivity index (χ1) is 8.54. The van der Waals surface area contributed by atoms with Gasteiger partial charge in [-0.25, -0.2) is 4.39 Å². The van der Waals surface area contributed by atoms with Crippen molar-refractivity contribution >= 4 is 11.4 Å². The van der Waals surface area contributed by atoms with Crippen molar-refractivity contribution in [1.82, 2.24) is 0 Å². The fourth-order valence-electron chi connectivity index (χ4n) is 2.05. The molecule has 0 saturated carbocycles. The number of nitrogens with zero attached hydrogens (tertiary/aromatic N) is 1. The molecule has 1 aliphatic rings. The molecule has 1 heterocycles. The number of nitro groups is 1. The zero-order chi connectivity index (χ0) is 13.1. The Labute approximate surface area is 104 Å². The highest BCUT2D eigenvalue weighted by Crippen LogP contribution is 2.22. The van der Waals surface area contributed by atoms with Gasteiger partial charge in [0, 0.05) is 18.3 Å². The zero-order valence-corrected chi connectivity index (χ0v) is 10.1. The molecule has 6 heteroatoms. The highest BCUT2D eigenvalue weighted by molar-refractivity contribution is 5.51. The Morgan fingerprint density at radius 2 is 2.28 bits per heavy atom. The molecular formula is C12H15FN2O3. The lowest BCUT2D eigenvalue weighted by atomic mass is 10.2. The van der Waals surface area contributed by atoms with Crippen LogP contribution in [0.5, 0.6) is 0 Å². The quantitative estimate of drug-likeness (QED) is 0.662. The molecule has 0 bridgehead atoms. The molecule has 1 aromatic rings. The molecule has 1 N–H and O–H groups in total. The Morgan fingerprint density at radius 1 is 1.50 bits per heavy atom. The van der Waals surface area contributed by atoms with E-state index in [0.29, 0.717) is 12.2 Å². The molecule has 2 atom stereocenters. The second-order valence-corrected chi connectivity index (χ2v) is 4.48. The van der Waals surface area contributed by atoms with Crippen molar-refractivity contribution in [3.8, 4) is 0 Å². The largest absolute Gasteiger partial charge is 0.382 e. The van der Waals surface area contributed by atoms with E-state index in [0.717, 1.165) is 18.9 Å². The predicted octanol–water partition coefficient (Wildman–Crippen LogP) is 2.71. The lowest BCUT2D eigenvalue weighted by Gasteiger charge is -2.13. The van der Waals surface area contributed by atoms with Gasteiger partial charge in [0.25, 0.3) is 5.69 Å². The summed E-state index contributed by atoms with van der Waals surface area (Å²) >= 11 is 0. The second-order valence-electron chi connectivity index (χ2n) is 4.48. The van der Waals surface area contributed by atoms with E-state index in [1.807, 2.05) is 6.92 Å². The molecule has 1 aliphatic heterocycles. The van der Waals surface area contributed by atoms with Crippen LogP contribution in [0.3, 0.4) is 0 Å². The smallest absolute Gasteiger partial charge is 0.274 e. The fourth-order valence-corrected chi connectivity index (χ4v) is 2.05. The van der Waals surface area contributed by atoms with Crippen molar-refractivity contribution in [3.63, 3.8) is 0 Å². The van der Waals surface area contributed by atoms with Crippen LogP contribution in [-0.4, -0.2) is 23.7 Å². The van der Waals surface area contributed by atoms with E-state index in [9.17, 15) is 14.5 Å². The van der Waals surface area contributed by atoms with Crippen LogP contribution in [0.15, 0.2) is 18.2 Å². The molecule has 0 aliphatic carbocycles. The number of hydrogen-bond donors (Lipinski definition) is 1. The summed E-state index contributed by atoms with van der Waals surface area (Å²) in [7, 11) is 0. The van der Waals surface area contributed by atoms with Crippen LogP contribution in [0.25, 0.3) is 0 Å². The maximum Gasteiger partial charge on any atom is 0.274 e. The summed E-state index contributed by atoms with van der Waals surface area (Å²) in [6.07, 6.45) is 2.29. The Kier molecular flexibility index (Phi) is 3.76. The van der Waals surface area contributed by atoms with E-state index in [1.165, 1.54) is 12.1 Å². The Bertz CT molecular complexity index is 453. The van der Waals surface area contributed by atoms with Crippen molar-refractivity contribution < 1.29 is 14.1 Å². The van der Waals surface area contributed by atoms with Crippen LogP contribution in [0.4, 0.5) is 15.8 Å². The summed E-state index contributed by atoms with van der Waals surface area (Å²) in [5.74, 6) is -0.618. The second kappa shape index (κ2) is 5.30. The minimum atomic E-state index is -0.618. The van der Waals surface area contributed by atoms with Crippen LogP contribution in [0.2, 0.25) is 0 Å². The first kappa shape index (κ1) is 12.8. The number of anilines is 1. The van der Waals surface area contributed by atoms with Gasteiger partial charge in [-0.3, -0.25) is 10.1 Å². The summed E-state index contributed by atoms with van der Waals surface area (Å²) in [6, 6.07) is 3.46. The van der Waals surface area contributed by atoms with Crippen molar-refractivity contribution in [3.05, 3.63) is 34.1 Å². The van der Waals surface area contributed by atoms with E-state index in [4.69, 9.17) is 4.74 Å². The van der Waals surface area contributed by atoms with Crippen molar-refractivity contribution in [2.75, 3.05) is 11.9 Å². The van der Waals surface area contributed by atoms with Gasteiger partial charge >= 0.3 is 0 Å². The third kappa shape index (κ3) is 3.16. The number of nitro benzene ring substituents is 1. The van der Waals surface area contributed by atoms with Gasteiger partial charge in [0.1, 0.15) is 5.82 Å². The minimum Gasteiger partial charge on any atom is -0.382 e. The third-order valence-corrected chi connectivity index (χ3v) is 2.95. The average Bonchev–Trinajstić information content (AvgIpc) is 2.72. The molecule has 0 radical (unpaired) electrons. The maximum atomic E-state index is 13.2. The van der Waals surface area contributed by atoms with Crippen LogP contribution < -0.4 is 5.32 Å². The number of nitrogens with one attached hydrogen (secondary N) is 1. The lowest BCUT2D eigenvalue weighted by Crippen LogP contribution is -2.19. The summed E-state index contributed by atoms with van der Waals surface area (Å²) in [4.78, 5) is 9.99. The van der Waals surface area contributed by atoms with Crippen molar-refractivity contribution in [1.29, 1.82) is 0 Å². The molecule has 5 nitrogen and oxygen atoms in total. The molecule has 98 valence electrons. The monoisotopic (exact) mass is 254 g/mol. The van der Waals surface area contributed by atoms with Gasteiger partial charge in [0.2, 0.25) is 0 Å². The fraction of sp³-hybridized carbons (Fsp3) is 0.500. The highest BCUT2D eigenvalue weighted by atomic mass is 19.1. The van der Waals surface area contributed by atoms with Gasteiger partial charge in [0.15, 0.2) is 0 Å². The number of hydrogen-bond acceptors (Lipinski definition) is 4. The molecule has 0 amide bonds. The van der Waals surface area contributed by atoms with E-state index < -0.39 is 10.7 Å². The minimum absolute atomic E-state index is 0.0855. The number of rotatable bonds is 4. The van der Waals surface area contributed by atoms with Crippen LogP contribution >= 0.6 is 0 Å². The standard InChI is InChI=1S/C12H15FN2O3/c1-8-2-3-12(18-8)7-14-10-4-9(13)5-11(6-10)15(16)17/h4-6,8,12,14H,2-3,7H2,1H3. The number of non-ortho nitro benzene ring substituents is 1. The molecule has 1 saturated heterocycles. The van der Waals surface area contributed by atoms with Crippen molar-refractivity contribution in [2.45, 2.75) is 32.0 Å².